The summed E-state index contributed by atoms with van der Waals surface area (Å²) < 4.78 is 34.8. The van der Waals surface area contributed by atoms with Gasteiger partial charge in [-0.1, -0.05) is 30.3 Å². The number of carbonyl (C=O) groups is 1. The highest BCUT2D eigenvalue weighted by atomic mass is 32.3. The fourth-order valence-corrected chi connectivity index (χ4v) is 3.13. The molecular weight excluding hydrogens is 281 g/mol. The largest absolute Gasteiger partial charge is 0.311 e. The van der Waals surface area contributed by atoms with E-state index in [2.05, 4.69) is 0 Å². The molecule has 3 rings (SSSR count). The summed E-state index contributed by atoms with van der Waals surface area (Å²) in [5.41, 5.74) is 0.597. The van der Waals surface area contributed by atoms with Crippen molar-refractivity contribution in [2.75, 3.05) is 11.4 Å². The first kappa shape index (κ1) is 13.1. The van der Waals surface area contributed by atoms with Gasteiger partial charge in [-0.2, -0.15) is 8.42 Å². The van der Waals surface area contributed by atoms with Crippen molar-refractivity contribution < 1.29 is 17.1 Å². The fourth-order valence-electron chi connectivity index (χ4n) is 2.46. The molecule has 0 saturated carbocycles. The molecule has 0 N–H and O–H groups in total. The monoisotopic (exact) mass is 293 g/mol. The van der Waals surface area contributed by atoms with Crippen molar-refractivity contribution in [2.24, 2.45) is 0 Å². The van der Waals surface area contributed by atoms with Crippen molar-refractivity contribution in [2.45, 2.75) is 11.7 Å². The van der Waals surface area contributed by atoms with Gasteiger partial charge in [-0.05, 0) is 22.9 Å². The minimum absolute atomic E-state index is 0.129. The second kappa shape index (κ2) is 4.56. The molecule has 1 atom stereocenters. The second-order valence-corrected chi connectivity index (χ2v) is 6.46. The average molecular weight is 293 g/mol. The fraction of sp³-hybridized carbons (Fsp3) is 0.214. The first-order valence-electron chi connectivity index (χ1n) is 6.18. The lowest BCUT2D eigenvalue weighted by Crippen LogP contribution is -2.26. The minimum atomic E-state index is -4.68. The van der Waals surface area contributed by atoms with E-state index in [0.29, 0.717) is 5.69 Å². The van der Waals surface area contributed by atoms with E-state index in [-0.39, 0.29) is 18.9 Å². The summed E-state index contributed by atoms with van der Waals surface area (Å²) in [5, 5.41) is 0.711. The first-order chi connectivity index (χ1) is 9.45. The van der Waals surface area contributed by atoms with Crippen LogP contribution < -0.4 is 4.90 Å². The maximum absolute atomic E-state index is 13.0. The molecule has 0 aromatic heterocycles. The predicted octanol–water partition coefficient (Wildman–Crippen LogP) is 2.24. The van der Waals surface area contributed by atoms with Crippen LogP contribution in [0.25, 0.3) is 10.8 Å². The molecule has 1 fully saturated rings. The Bertz CT molecular complexity index is 788. The highest BCUT2D eigenvalue weighted by molar-refractivity contribution is 7.87. The molecule has 1 saturated heterocycles. The van der Waals surface area contributed by atoms with Crippen molar-refractivity contribution in [1.82, 2.24) is 0 Å². The third-order valence-corrected chi connectivity index (χ3v) is 4.64. The van der Waals surface area contributed by atoms with Crippen LogP contribution in [0.1, 0.15) is 6.42 Å². The van der Waals surface area contributed by atoms with Gasteiger partial charge in [0.25, 0.3) is 0 Å². The molecule has 0 aliphatic carbocycles. The Kier molecular flexibility index (Phi) is 2.97. The van der Waals surface area contributed by atoms with E-state index in [9.17, 15) is 17.1 Å². The molecule has 1 amide bonds. The van der Waals surface area contributed by atoms with Gasteiger partial charge in [0.05, 0.1) is 0 Å². The summed E-state index contributed by atoms with van der Waals surface area (Å²) in [6.07, 6.45) is -0.300. The maximum atomic E-state index is 13.0. The molecule has 4 nitrogen and oxygen atoms in total. The molecule has 1 aliphatic rings. The van der Waals surface area contributed by atoms with Crippen LogP contribution in [0.15, 0.2) is 42.5 Å². The Balaban J connectivity index is 1.97. The Labute approximate surface area is 116 Å². The van der Waals surface area contributed by atoms with E-state index in [1.54, 1.807) is 12.1 Å². The van der Waals surface area contributed by atoms with E-state index in [4.69, 9.17) is 0 Å². The number of benzene rings is 2. The van der Waals surface area contributed by atoms with Crippen LogP contribution in [0.4, 0.5) is 9.57 Å². The first-order valence-corrected chi connectivity index (χ1v) is 7.62. The van der Waals surface area contributed by atoms with Crippen LogP contribution in [0.5, 0.6) is 0 Å². The molecule has 6 heteroatoms. The van der Waals surface area contributed by atoms with Crippen LogP contribution in [0.2, 0.25) is 0 Å². The molecule has 2 aromatic rings. The quantitative estimate of drug-likeness (QED) is 0.798. The number of hydrogen-bond acceptors (Lipinski definition) is 3. The molecule has 2 aromatic carbocycles. The number of anilines is 1. The van der Waals surface area contributed by atoms with Crippen molar-refractivity contribution in [1.29, 1.82) is 0 Å². The topological polar surface area (TPSA) is 54.5 Å². The third-order valence-electron chi connectivity index (χ3n) is 3.53. The molecule has 0 radical (unpaired) electrons. The van der Waals surface area contributed by atoms with Gasteiger partial charge < -0.3 is 4.90 Å². The molecule has 1 heterocycles. The SMILES string of the molecule is O=C1CC(S(=O)(=O)F)CN1c1ccc2ccccc2c1. The zero-order valence-corrected chi connectivity index (χ0v) is 11.3. The molecule has 0 spiro atoms. The minimum Gasteiger partial charge on any atom is -0.311 e. The van der Waals surface area contributed by atoms with Crippen LogP contribution in [-0.4, -0.2) is 26.1 Å². The predicted molar refractivity (Wildman–Crippen MR) is 74.7 cm³/mol. The van der Waals surface area contributed by atoms with Gasteiger partial charge in [-0.15, -0.1) is 3.89 Å². The lowest BCUT2D eigenvalue weighted by molar-refractivity contribution is -0.117. The molecule has 0 bridgehead atoms. The summed E-state index contributed by atoms with van der Waals surface area (Å²) >= 11 is 0. The zero-order valence-electron chi connectivity index (χ0n) is 10.5. The highest BCUT2D eigenvalue weighted by Crippen LogP contribution is 2.28. The number of rotatable bonds is 2. The van der Waals surface area contributed by atoms with Gasteiger partial charge in [0.15, 0.2) is 0 Å². The van der Waals surface area contributed by atoms with Crippen LogP contribution in [-0.2, 0) is 15.0 Å². The maximum Gasteiger partial charge on any atom is 0.307 e. The summed E-state index contributed by atoms with van der Waals surface area (Å²) in [6, 6.07) is 13.0. The molecule has 1 unspecified atom stereocenters. The van der Waals surface area contributed by atoms with Crippen molar-refractivity contribution in [3.05, 3.63) is 42.5 Å². The summed E-state index contributed by atoms with van der Waals surface area (Å²) in [6.45, 7) is -0.129. The molecular formula is C14H12FNO3S. The number of nitrogens with zero attached hydrogens (tertiary/aromatic N) is 1. The van der Waals surface area contributed by atoms with E-state index in [1.165, 1.54) is 4.90 Å². The molecule has 20 heavy (non-hydrogen) atoms. The number of carbonyl (C=O) groups excluding carboxylic acids is 1. The van der Waals surface area contributed by atoms with Gasteiger partial charge in [-0.25, -0.2) is 0 Å². The lowest BCUT2D eigenvalue weighted by atomic mass is 10.1. The van der Waals surface area contributed by atoms with Crippen molar-refractivity contribution in [3.63, 3.8) is 0 Å². The number of fused-ring (bicyclic) bond motifs is 1. The van der Waals surface area contributed by atoms with Gasteiger partial charge in [0.1, 0.15) is 5.25 Å². The lowest BCUT2D eigenvalue weighted by Gasteiger charge is -2.16. The van der Waals surface area contributed by atoms with E-state index >= 15 is 0 Å². The molecule has 1 aliphatic heterocycles. The average Bonchev–Trinajstić information content (AvgIpc) is 2.80. The smallest absolute Gasteiger partial charge is 0.307 e. The van der Waals surface area contributed by atoms with Crippen LogP contribution in [0, 0.1) is 0 Å². The standard InChI is InChI=1S/C14H12FNO3S/c15-20(18,19)13-8-14(17)16(9-13)12-6-5-10-3-1-2-4-11(10)7-12/h1-7,13H,8-9H2. The Morgan fingerprint density at radius 2 is 1.80 bits per heavy atom. The van der Waals surface area contributed by atoms with Gasteiger partial charge in [-0.3, -0.25) is 4.79 Å². The van der Waals surface area contributed by atoms with Gasteiger partial charge in [0, 0.05) is 18.7 Å². The highest BCUT2D eigenvalue weighted by Gasteiger charge is 2.39. The number of halogens is 1. The Morgan fingerprint density at radius 3 is 2.45 bits per heavy atom. The van der Waals surface area contributed by atoms with E-state index in [0.717, 1.165) is 10.8 Å². The zero-order chi connectivity index (χ0) is 14.3. The Hall–Kier alpha value is -1.95. The van der Waals surface area contributed by atoms with Gasteiger partial charge in [0.2, 0.25) is 5.91 Å². The summed E-state index contributed by atoms with van der Waals surface area (Å²) in [5.74, 6) is -0.369. The van der Waals surface area contributed by atoms with Crippen molar-refractivity contribution >= 4 is 32.6 Å². The van der Waals surface area contributed by atoms with Gasteiger partial charge >= 0.3 is 10.2 Å². The Morgan fingerprint density at radius 1 is 1.10 bits per heavy atom. The number of amides is 1. The van der Waals surface area contributed by atoms with Crippen LogP contribution >= 0.6 is 0 Å². The summed E-state index contributed by atoms with van der Waals surface area (Å²) in [7, 11) is -4.68. The third kappa shape index (κ3) is 2.27. The number of hydrogen-bond donors (Lipinski definition) is 0. The van der Waals surface area contributed by atoms with E-state index in [1.807, 2.05) is 30.3 Å². The van der Waals surface area contributed by atoms with E-state index < -0.39 is 15.5 Å². The van der Waals surface area contributed by atoms with Crippen molar-refractivity contribution in [3.8, 4) is 0 Å². The normalized spacial score (nSPS) is 19.8. The van der Waals surface area contributed by atoms with Crippen LogP contribution in [0.3, 0.4) is 0 Å². The second-order valence-electron chi connectivity index (χ2n) is 4.84. The molecule has 104 valence electrons. The summed E-state index contributed by atoms with van der Waals surface area (Å²) in [4.78, 5) is 13.2.